The van der Waals surface area contributed by atoms with E-state index in [1.807, 2.05) is 0 Å². The van der Waals surface area contributed by atoms with E-state index in [0.717, 1.165) is 12.6 Å². The van der Waals surface area contributed by atoms with E-state index in [-0.39, 0.29) is 12.4 Å². The van der Waals surface area contributed by atoms with Crippen LogP contribution in [0.25, 0.3) is 0 Å². The van der Waals surface area contributed by atoms with Crippen LogP contribution in [0.4, 0.5) is 0 Å². The number of aryl methyl sites for hydroxylation is 1. The predicted octanol–water partition coefficient (Wildman–Crippen LogP) is 3.45. The summed E-state index contributed by atoms with van der Waals surface area (Å²) in [7, 11) is 0. The molecular formula is C13H20ClN. The molecule has 1 nitrogen and oxygen atoms in total. The van der Waals surface area contributed by atoms with Crippen molar-refractivity contribution in [3.05, 3.63) is 35.4 Å². The van der Waals surface area contributed by atoms with Crippen molar-refractivity contribution in [3.8, 4) is 0 Å². The number of halogens is 1. The first-order chi connectivity index (χ1) is 6.86. The Morgan fingerprint density at radius 2 is 1.87 bits per heavy atom. The molecule has 15 heavy (non-hydrogen) atoms. The minimum atomic E-state index is 0. The average molecular weight is 226 g/mol. The van der Waals surface area contributed by atoms with Crippen LogP contribution in [0.15, 0.2) is 24.3 Å². The van der Waals surface area contributed by atoms with Crippen LogP contribution in [0.5, 0.6) is 0 Å². The van der Waals surface area contributed by atoms with Crippen molar-refractivity contribution in [3.63, 3.8) is 0 Å². The molecule has 0 radical (unpaired) electrons. The second-order valence-electron chi connectivity index (χ2n) is 4.29. The van der Waals surface area contributed by atoms with E-state index >= 15 is 0 Å². The van der Waals surface area contributed by atoms with Crippen molar-refractivity contribution in [2.45, 2.75) is 45.2 Å². The molecule has 0 bridgehead atoms. The number of benzene rings is 1. The zero-order valence-corrected chi connectivity index (χ0v) is 10.1. The van der Waals surface area contributed by atoms with Crippen LogP contribution in [-0.4, -0.2) is 6.04 Å². The molecule has 0 atom stereocenters. The average Bonchev–Trinajstić information content (AvgIpc) is 2.69. The van der Waals surface area contributed by atoms with Crippen LogP contribution in [0.3, 0.4) is 0 Å². The van der Waals surface area contributed by atoms with Gasteiger partial charge in [0, 0.05) is 12.6 Å². The van der Waals surface area contributed by atoms with E-state index < -0.39 is 0 Å². The number of rotatable bonds is 3. The molecule has 0 unspecified atom stereocenters. The highest BCUT2D eigenvalue weighted by Gasteiger charge is 2.13. The fourth-order valence-corrected chi connectivity index (χ4v) is 2.19. The molecule has 84 valence electrons. The molecule has 1 fully saturated rings. The van der Waals surface area contributed by atoms with E-state index in [2.05, 4.69) is 36.5 Å². The first-order valence-corrected chi connectivity index (χ1v) is 5.64. The standard InChI is InChI=1S/C13H19N.ClH/c1-11-6-2-3-7-12(11)10-14-13-8-4-5-9-13;/h2-3,6-7,13-14H,4-5,8-10H2,1H3;1H. The van der Waals surface area contributed by atoms with Crippen molar-refractivity contribution in [1.29, 1.82) is 0 Å². The van der Waals surface area contributed by atoms with Crippen molar-refractivity contribution in [2.75, 3.05) is 0 Å². The first-order valence-electron chi connectivity index (χ1n) is 5.64. The van der Waals surface area contributed by atoms with Crippen molar-refractivity contribution in [2.24, 2.45) is 0 Å². The van der Waals surface area contributed by atoms with Gasteiger partial charge in [-0.2, -0.15) is 0 Å². The highest BCUT2D eigenvalue weighted by atomic mass is 35.5. The summed E-state index contributed by atoms with van der Waals surface area (Å²) in [6, 6.07) is 9.41. The maximum absolute atomic E-state index is 3.64. The third-order valence-electron chi connectivity index (χ3n) is 3.20. The maximum atomic E-state index is 3.64. The number of hydrogen-bond donors (Lipinski definition) is 1. The van der Waals surface area contributed by atoms with E-state index in [4.69, 9.17) is 0 Å². The van der Waals surface area contributed by atoms with Gasteiger partial charge in [-0.05, 0) is 30.9 Å². The molecular weight excluding hydrogens is 206 g/mol. The second kappa shape index (κ2) is 6.14. The Balaban J connectivity index is 0.00000112. The lowest BCUT2D eigenvalue weighted by molar-refractivity contribution is 0.523. The molecule has 1 N–H and O–H groups in total. The Morgan fingerprint density at radius 3 is 2.53 bits per heavy atom. The third-order valence-corrected chi connectivity index (χ3v) is 3.20. The van der Waals surface area contributed by atoms with Gasteiger partial charge in [0.05, 0.1) is 0 Å². The summed E-state index contributed by atoms with van der Waals surface area (Å²) in [6.45, 7) is 3.23. The van der Waals surface area contributed by atoms with E-state index in [0.29, 0.717) is 0 Å². The van der Waals surface area contributed by atoms with Gasteiger partial charge < -0.3 is 5.32 Å². The summed E-state index contributed by atoms with van der Waals surface area (Å²) in [6.07, 6.45) is 5.55. The molecule has 0 heterocycles. The monoisotopic (exact) mass is 225 g/mol. The molecule has 1 aromatic carbocycles. The van der Waals surface area contributed by atoms with Gasteiger partial charge in [0.1, 0.15) is 0 Å². The van der Waals surface area contributed by atoms with Gasteiger partial charge in [-0.25, -0.2) is 0 Å². The zero-order valence-electron chi connectivity index (χ0n) is 9.33. The lowest BCUT2D eigenvalue weighted by Crippen LogP contribution is -2.25. The topological polar surface area (TPSA) is 12.0 Å². The fourth-order valence-electron chi connectivity index (χ4n) is 2.19. The molecule has 0 amide bonds. The van der Waals surface area contributed by atoms with Gasteiger partial charge in [-0.1, -0.05) is 37.1 Å². The minimum Gasteiger partial charge on any atom is -0.310 e. The van der Waals surface area contributed by atoms with Gasteiger partial charge in [-0.3, -0.25) is 0 Å². The lowest BCUT2D eigenvalue weighted by Gasteiger charge is -2.12. The Morgan fingerprint density at radius 1 is 1.20 bits per heavy atom. The third kappa shape index (κ3) is 3.51. The largest absolute Gasteiger partial charge is 0.310 e. The summed E-state index contributed by atoms with van der Waals surface area (Å²) >= 11 is 0. The molecule has 1 aliphatic rings. The van der Waals surface area contributed by atoms with E-state index in [9.17, 15) is 0 Å². The summed E-state index contributed by atoms with van der Waals surface area (Å²) in [5.41, 5.74) is 2.84. The van der Waals surface area contributed by atoms with Crippen LogP contribution < -0.4 is 5.32 Å². The van der Waals surface area contributed by atoms with Gasteiger partial charge in [0.25, 0.3) is 0 Å². The quantitative estimate of drug-likeness (QED) is 0.831. The molecule has 1 saturated carbocycles. The van der Waals surface area contributed by atoms with Crippen molar-refractivity contribution >= 4 is 12.4 Å². The van der Waals surface area contributed by atoms with E-state index in [1.165, 1.54) is 36.8 Å². The van der Waals surface area contributed by atoms with Crippen LogP contribution in [0.1, 0.15) is 36.8 Å². The SMILES string of the molecule is Cc1ccccc1CNC1CCCC1.Cl. The maximum Gasteiger partial charge on any atom is 0.0210 e. The Hall–Kier alpha value is -0.530. The molecule has 0 saturated heterocycles. The number of nitrogens with one attached hydrogen (secondary N) is 1. The first kappa shape index (κ1) is 12.5. The van der Waals surface area contributed by atoms with Crippen molar-refractivity contribution in [1.82, 2.24) is 5.32 Å². The molecule has 2 rings (SSSR count). The lowest BCUT2D eigenvalue weighted by atomic mass is 10.1. The van der Waals surface area contributed by atoms with Crippen LogP contribution in [-0.2, 0) is 6.54 Å². The van der Waals surface area contributed by atoms with Gasteiger partial charge in [0.15, 0.2) is 0 Å². The summed E-state index contributed by atoms with van der Waals surface area (Å²) < 4.78 is 0. The molecule has 1 aromatic rings. The highest BCUT2D eigenvalue weighted by molar-refractivity contribution is 5.85. The summed E-state index contributed by atoms with van der Waals surface area (Å²) in [5, 5.41) is 3.64. The summed E-state index contributed by atoms with van der Waals surface area (Å²) in [4.78, 5) is 0. The van der Waals surface area contributed by atoms with Crippen molar-refractivity contribution < 1.29 is 0 Å². The Kier molecular flexibility index (Phi) is 5.13. The smallest absolute Gasteiger partial charge is 0.0210 e. The molecule has 0 aliphatic heterocycles. The molecule has 0 aromatic heterocycles. The van der Waals surface area contributed by atoms with Crippen LogP contribution >= 0.6 is 12.4 Å². The highest BCUT2D eigenvalue weighted by Crippen LogP contribution is 2.18. The molecule has 1 aliphatic carbocycles. The van der Waals surface area contributed by atoms with Gasteiger partial charge in [0.2, 0.25) is 0 Å². The van der Waals surface area contributed by atoms with E-state index in [1.54, 1.807) is 0 Å². The second-order valence-corrected chi connectivity index (χ2v) is 4.29. The fraction of sp³-hybridized carbons (Fsp3) is 0.538. The Labute approximate surface area is 98.7 Å². The normalized spacial score (nSPS) is 16.3. The van der Waals surface area contributed by atoms with Gasteiger partial charge in [-0.15, -0.1) is 12.4 Å². The number of hydrogen-bond acceptors (Lipinski definition) is 1. The van der Waals surface area contributed by atoms with Crippen LogP contribution in [0.2, 0.25) is 0 Å². The molecule has 2 heteroatoms. The zero-order chi connectivity index (χ0) is 9.80. The van der Waals surface area contributed by atoms with Crippen LogP contribution in [0, 0.1) is 6.92 Å². The van der Waals surface area contributed by atoms with Gasteiger partial charge >= 0.3 is 0 Å². The molecule has 0 spiro atoms. The Bertz CT molecular complexity index is 292. The predicted molar refractivity (Wildman–Crippen MR) is 67.5 cm³/mol. The summed E-state index contributed by atoms with van der Waals surface area (Å²) in [5.74, 6) is 0. The minimum absolute atomic E-state index is 0.